The third-order valence-electron chi connectivity index (χ3n) is 4.08. The van der Waals surface area contributed by atoms with Crippen LogP contribution in [0.2, 0.25) is 0 Å². The molecular weight excluding hydrogens is 420 g/mol. The molecule has 0 heterocycles. The van der Waals surface area contributed by atoms with Gasteiger partial charge in [0, 0.05) is 31.8 Å². The second-order valence-corrected chi connectivity index (χ2v) is 8.15. The molecule has 5 nitrogen and oxygen atoms in total. The first-order valence-electron chi connectivity index (χ1n) is 9.29. The maximum absolute atomic E-state index is 12.6. The fourth-order valence-electron chi connectivity index (χ4n) is 2.50. The van der Waals surface area contributed by atoms with Gasteiger partial charge in [-0.15, -0.1) is 0 Å². The van der Waals surface area contributed by atoms with E-state index in [4.69, 9.17) is 4.74 Å². The molecule has 2 rings (SSSR count). The Kier molecular flexibility index (Phi) is 8.05. The first-order chi connectivity index (χ1) is 13.3. The summed E-state index contributed by atoms with van der Waals surface area (Å²) < 4.78 is 6.47. The number of amides is 2. The van der Waals surface area contributed by atoms with Crippen molar-refractivity contribution < 1.29 is 14.3 Å². The van der Waals surface area contributed by atoms with Gasteiger partial charge in [-0.2, -0.15) is 0 Å². The van der Waals surface area contributed by atoms with Gasteiger partial charge >= 0.3 is 0 Å². The lowest BCUT2D eigenvalue weighted by Crippen LogP contribution is -2.21. The molecule has 0 aliphatic heterocycles. The van der Waals surface area contributed by atoms with Gasteiger partial charge in [0.15, 0.2) is 0 Å². The predicted molar refractivity (Wildman–Crippen MR) is 116 cm³/mol. The quantitative estimate of drug-likeness (QED) is 0.635. The zero-order chi connectivity index (χ0) is 20.7. The summed E-state index contributed by atoms with van der Waals surface area (Å²) in [5.41, 5.74) is 2.25. The van der Waals surface area contributed by atoms with E-state index < -0.39 is 0 Å². The number of carbonyl (C=O) groups is 2. The lowest BCUT2D eigenvalue weighted by Gasteiger charge is -2.12. The molecule has 0 saturated carbocycles. The van der Waals surface area contributed by atoms with Crippen LogP contribution >= 0.6 is 15.9 Å². The minimum absolute atomic E-state index is 0.0825. The van der Waals surface area contributed by atoms with Crippen molar-refractivity contribution in [1.82, 2.24) is 4.90 Å². The molecule has 0 aromatic heterocycles. The molecule has 28 heavy (non-hydrogen) atoms. The molecule has 0 aliphatic rings. The number of rotatable bonds is 8. The van der Waals surface area contributed by atoms with Gasteiger partial charge in [-0.25, -0.2) is 0 Å². The van der Waals surface area contributed by atoms with E-state index in [1.807, 2.05) is 24.3 Å². The number of anilines is 1. The fourth-order valence-corrected chi connectivity index (χ4v) is 2.99. The Morgan fingerprint density at radius 2 is 1.89 bits per heavy atom. The number of hydrogen-bond donors (Lipinski definition) is 1. The minimum Gasteiger partial charge on any atom is -0.492 e. The summed E-state index contributed by atoms with van der Waals surface area (Å²) in [7, 11) is 3.49. The molecule has 150 valence electrons. The highest BCUT2D eigenvalue weighted by Gasteiger charge is 2.11. The van der Waals surface area contributed by atoms with Crippen molar-refractivity contribution in [1.29, 1.82) is 0 Å². The summed E-state index contributed by atoms with van der Waals surface area (Å²) in [6.07, 6.45) is 1.07. The highest BCUT2D eigenvalue weighted by Crippen LogP contribution is 2.27. The molecule has 0 bridgehead atoms. The zero-order valence-corrected chi connectivity index (χ0v) is 18.4. The second kappa shape index (κ2) is 10.3. The number of carbonyl (C=O) groups excluding carboxylic acids is 2. The van der Waals surface area contributed by atoms with Gasteiger partial charge in [-0.3, -0.25) is 9.59 Å². The van der Waals surface area contributed by atoms with Crippen molar-refractivity contribution in [3.8, 4) is 5.75 Å². The van der Waals surface area contributed by atoms with Crippen LogP contribution in [0.15, 0.2) is 46.9 Å². The van der Waals surface area contributed by atoms with Crippen molar-refractivity contribution >= 4 is 33.4 Å². The number of nitrogens with one attached hydrogen (secondary N) is 1. The van der Waals surface area contributed by atoms with Gasteiger partial charge in [0.25, 0.3) is 5.91 Å². The maximum Gasteiger partial charge on any atom is 0.255 e. The summed E-state index contributed by atoms with van der Waals surface area (Å²) in [6, 6.07) is 12.9. The van der Waals surface area contributed by atoms with Crippen LogP contribution in [0.1, 0.15) is 36.2 Å². The van der Waals surface area contributed by atoms with Crippen LogP contribution in [0.3, 0.4) is 0 Å². The van der Waals surface area contributed by atoms with E-state index in [1.165, 1.54) is 0 Å². The minimum atomic E-state index is -0.197. The largest absolute Gasteiger partial charge is 0.492 e. The number of hydrogen-bond acceptors (Lipinski definition) is 3. The van der Waals surface area contributed by atoms with E-state index >= 15 is 0 Å². The molecule has 0 unspecified atom stereocenters. The molecule has 0 spiro atoms. The highest BCUT2D eigenvalue weighted by molar-refractivity contribution is 9.10. The van der Waals surface area contributed by atoms with Crippen LogP contribution in [0, 0.1) is 5.92 Å². The van der Waals surface area contributed by atoms with Crippen molar-refractivity contribution in [2.75, 3.05) is 26.0 Å². The predicted octanol–water partition coefficient (Wildman–Crippen LogP) is 4.76. The first kappa shape index (κ1) is 22.0. The lowest BCUT2D eigenvalue weighted by atomic mass is 10.1. The Morgan fingerprint density at radius 3 is 2.54 bits per heavy atom. The van der Waals surface area contributed by atoms with Gasteiger partial charge in [-0.05, 0) is 64.2 Å². The second-order valence-electron chi connectivity index (χ2n) is 7.29. The van der Waals surface area contributed by atoms with E-state index in [0.29, 0.717) is 36.6 Å². The van der Waals surface area contributed by atoms with E-state index in [1.54, 1.807) is 37.2 Å². The average molecular weight is 447 g/mol. The fraction of sp³-hybridized carbons (Fsp3) is 0.364. The summed E-state index contributed by atoms with van der Waals surface area (Å²) in [5.74, 6) is 1.03. The molecule has 0 aliphatic carbocycles. The van der Waals surface area contributed by atoms with E-state index in [-0.39, 0.29) is 11.8 Å². The van der Waals surface area contributed by atoms with Gasteiger partial charge in [0.2, 0.25) is 5.91 Å². The Bertz CT molecular complexity index is 834. The lowest BCUT2D eigenvalue weighted by molar-refractivity contribution is -0.128. The molecule has 0 atom stereocenters. The van der Waals surface area contributed by atoms with Crippen molar-refractivity contribution in [3.05, 3.63) is 58.1 Å². The van der Waals surface area contributed by atoms with Crippen LogP contribution in [0.4, 0.5) is 5.69 Å². The molecule has 6 heteroatoms. The topological polar surface area (TPSA) is 58.6 Å². The Hall–Kier alpha value is -2.34. The maximum atomic E-state index is 12.6. The summed E-state index contributed by atoms with van der Waals surface area (Å²) in [6.45, 7) is 4.79. The molecule has 1 N–H and O–H groups in total. The van der Waals surface area contributed by atoms with Gasteiger partial charge in [0.05, 0.1) is 11.1 Å². The van der Waals surface area contributed by atoms with Crippen molar-refractivity contribution in [3.63, 3.8) is 0 Å². The highest BCUT2D eigenvalue weighted by atomic mass is 79.9. The van der Waals surface area contributed by atoms with Gasteiger partial charge in [0.1, 0.15) is 5.75 Å². The molecule has 2 aromatic rings. The number of halogens is 1. The van der Waals surface area contributed by atoms with Crippen LogP contribution in [0.25, 0.3) is 0 Å². The van der Waals surface area contributed by atoms with Crippen LogP contribution < -0.4 is 10.1 Å². The summed E-state index contributed by atoms with van der Waals surface area (Å²) in [5, 5.41) is 2.91. The number of benzene rings is 2. The normalized spacial score (nSPS) is 10.6. The number of nitrogens with zero attached hydrogens (tertiary/aromatic N) is 1. The molecule has 2 amide bonds. The molecule has 2 aromatic carbocycles. The van der Waals surface area contributed by atoms with Crippen LogP contribution in [-0.4, -0.2) is 37.4 Å². The standard InChI is InChI=1S/C22H27BrN2O3/c1-15(2)14-28-20-10-9-17(13-19(20)23)22(27)24-18-7-5-6-16(12-18)8-11-21(26)25(3)4/h5-7,9-10,12-13,15H,8,11,14H2,1-4H3,(H,24,27). The van der Waals surface area contributed by atoms with Crippen molar-refractivity contribution in [2.45, 2.75) is 26.7 Å². The number of aryl methyl sites for hydroxylation is 1. The first-order valence-corrected chi connectivity index (χ1v) is 10.1. The SMILES string of the molecule is CC(C)COc1ccc(C(=O)Nc2cccc(CCC(=O)N(C)C)c2)cc1Br. The van der Waals surface area contributed by atoms with Gasteiger partial charge < -0.3 is 15.0 Å². The average Bonchev–Trinajstić information content (AvgIpc) is 2.65. The van der Waals surface area contributed by atoms with Crippen LogP contribution in [0.5, 0.6) is 5.75 Å². The van der Waals surface area contributed by atoms with Crippen LogP contribution in [-0.2, 0) is 11.2 Å². The van der Waals surface area contributed by atoms with Gasteiger partial charge in [-0.1, -0.05) is 26.0 Å². The third-order valence-corrected chi connectivity index (χ3v) is 4.70. The zero-order valence-electron chi connectivity index (χ0n) is 16.8. The Balaban J connectivity index is 2.01. The van der Waals surface area contributed by atoms with E-state index in [9.17, 15) is 9.59 Å². The smallest absolute Gasteiger partial charge is 0.255 e. The summed E-state index contributed by atoms with van der Waals surface area (Å²) in [4.78, 5) is 25.9. The Morgan fingerprint density at radius 1 is 1.14 bits per heavy atom. The molecular formula is C22H27BrN2O3. The van der Waals surface area contributed by atoms with E-state index in [2.05, 4.69) is 35.1 Å². The number of ether oxygens (including phenoxy) is 1. The Labute approximate surface area is 175 Å². The van der Waals surface area contributed by atoms with Crippen molar-refractivity contribution in [2.24, 2.45) is 5.92 Å². The third kappa shape index (κ3) is 6.68. The summed E-state index contributed by atoms with van der Waals surface area (Å²) >= 11 is 3.47. The molecule has 0 radical (unpaired) electrons. The molecule has 0 fully saturated rings. The van der Waals surface area contributed by atoms with E-state index in [0.717, 1.165) is 15.8 Å². The monoisotopic (exact) mass is 446 g/mol. The molecule has 0 saturated heterocycles.